The maximum Gasteiger partial charge on any atom is 0.253 e. The van der Waals surface area contributed by atoms with E-state index < -0.39 is 24.2 Å². The molecule has 0 unspecified atom stereocenters. The molecule has 1 aromatic heterocycles. The summed E-state index contributed by atoms with van der Waals surface area (Å²) in [6, 6.07) is 8.68. The first-order valence-corrected chi connectivity index (χ1v) is 10.4. The molecular weight excluding hydrogens is 442 g/mol. The number of epoxide rings is 1. The van der Waals surface area contributed by atoms with Crippen molar-refractivity contribution in [1.82, 2.24) is 20.5 Å². The monoisotopic (exact) mass is 467 g/mol. The number of nitrogen functional groups attached to an aromatic ring is 1. The van der Waals surface area contributed by atoms with E-state index in [1.165, 1.54) is 16.2 Å². The van der Waals surface area contributed by atoms with E-state index in [2.05, 4.69) is 15.6 Å². The number of hydrogen-bond donors (Lipinski definition) is 3. The zero-order valence-electron chi connectivity index (χ0n) is 17.2. The molecule has 0 aliphatic carbocycles. The lowest BCUT2D eigenvalue weighted by atomic mass is 10.0. The summed E-state index contributed by atoms with van der Waals surface area (Å²) >= 11 is 1.34. The average Bonchev–Trinajstić information content (AvgIpc) is 3.43. The van der Waals surface area contributed by atoms with Crippen LogP contribution >= 0.6 is 23.7 Å². The first-order valence-electron chi connectivity index (χ1n) is 9.53. The van der Waals surface area contributed by atoms with Gasteiger partial charge in [-0.05, 0) is 5.56 Å². The zero-order chi connectivity index (χ0) is 21.7. The van der Waals surface area contributed by atoms with Gasteiger partial charge in [0.2, 0.25) is 5.91 Å². The quantitative estimate of drug-likeness (QED) is 0.457. The van der Waals surface area contributed by atoms with Gasteiger partial charge in [-0.2, -0.15) is 0 Å². The van der Waals surface area contributed by atoms with Crippen molar-refractivity contribution in [3.63, 3.8) is 0 Å². The highest BCUT2D eigenvalue weighted by Gasteiger charge is 2.50. The fourth-order valence-electron chi connectivity index (χ4n) is 2.98. The van der Waals surface area contributed by atoms with Crippen LogP contribution < -0.4 is 16.4 Å². The standard InChI is InChI=1S/C20H25N5O4S.ClH/c1-25(2)19(28)14(10-12-6-4-3-5-7-12)24-18(27)16-15(29-16)17(26)22-9-8-13-11-30-20(21)23-13;/h3-7,11,14-16H,8-10H2,1-2H3,(H2,21,23)(H,22,26)(H,24,27);1H/t14-,15-,16-;/m0./s1. The number of hydrogen-bond acceptors (Lipinski definition) is 7. The molecule has 0 spiro atoms. The minimum Gasteiger partial charge on any atom is -0.375 e. The molecule has 1 aliphatic heterocycles. The number of nitrogens with one attached hydrogen (secondary N) is 2. The van der Waals surface area contributed by atoms with Gasteiger partial charge < -0.3 is 26.0 Å². The Morgan fingerprint density at radius 1 is 1.19 bits per heavy atom. The van der Waals surface area contributed by atoms with E-state index in [1.54, 1.807) is 14.1 Å². The minimum atomic E-state index is -0.895. The van der Waals surface area contributed by atoms with Crippen molar-refractivity contribution in [2.24, 2.45) is 0 Å². The van der Waals surface area contributed by atoms with Crippen molar-refractivity contribution in [1.29, 1.82) is 0 Å². The Balaban J connectivity index is 0.00000341. The predicted octanol–water partition coefficient (Wildman–Crippen LogP) is 0.389. The smallest absolute Gasteiger partial charge is 0.253 e. The number of anilines is 1. The second kappa shape index (κ2) is 11.1. The van der Waals surface area contributed by atoms with Crippen LogP contribution in [0, 0.1) is 0 Å². The average molecular weight is 468 g/mol. The van der Waals surface area contributed by atoms with Crippen LogP contribution in [0.4, 0.5) is 5.13 Å². The van der Waals surface area contributed by atoms with Crippen LogP contribution in [-0.4, -0.2) is 66.5 Å². The first-order chi connectivity index (χ1) is 14.3. The van der Waals surface area contributed by atoms with Crippen molar-refractivity contribution < 1.29 is 19.1 Å². The molecule has 3 atom stereocenters. The number of halogens is 1. The number of carbonyl (C=O) groups is 3. The highest BCUT2D eigenvalue weighted by molar-refractivity contribution is 7.13. The highest BCUT2D eigenvalue weighted by atomic mass is 35.5. The summed E-state index contributed by atoms with van der Waals surface area (Å²) < 4.78 is 5.26. The van der Waals surface area contributed by atoms with Crippen LogP contribution in [0.25, 0.3) is 0 Å². The fourth-order valence-corrected chi connectivity index (χ4v) is 3.58. The van der Waals surface area contributed by atoms with Gasteiger partial charge in [0.1, 0.15) is 6.04 Å². The largest absolute Gasteiger partial charge is 0.375 e. The van der Waals surface area contributed by atoms with Crippen molar-refractivity contribution in [2.75, 3.05) is 26.4 Å². The van der Waals surface area contributed by atoms with E-state index in [0.29, 0.717) is 24.5 Å². The first kappa shape index (κ1) is 24.6. The number of benzene rings is 1. The van der Waals surface area contributed by atoms with Crippen LogP contribution in [-0.2, 0) is 32.0 Å². The molecule has 168 valence electrons. The van der Waals surface area contributed by atoms with Gasteiger partial charge in [0.25, 0.3) is 11.8 Å². The summed E-state index contributed by atoms with van der Waals surface area (Å²) in [5.74, 6) is -1.06. The molecule has 1 aliphatic rings. The number of rotatable bonds is 9. The molecule has 9 nitrogen and oxygen atoms in total. The molecule has 2 heterocycles. The Hall–Kier alpha value is -2.69. The normalized spacial score (nSPS) is 17.7. The second-order valence-corrected chi connectivity index (χ2v) is 8.07. The Morgan fingerprint density at radius 2 is 1.87 bits per heavy atom. The Kier molecular flexibility index (Phi) is 8.78. The summed E-state index contributed by atoms with van der Waals surface area (Å²) in [6.07, 6.45) is -0.853. The van der Waals surface area contributed by atoms with E-state index in [-0.39, 0.29) is 24.2 Å². The number of nitrogens with two attached hydrogens (primary N) is 1. The van der Waals surface area contributed by atoms with Crippen LogP contribution in [0.2, 0.25) is 0 Å². The molecule has 1 aromatic carbocycles. The number of likely N-dealkylation sites (N-methyl/N-ethyl adjacent to an activating group) is 1. The zero-order valence-corrected chi connectivity index (χ0v) is 18.9. The number of nitrogens with zero attached hydrogens (tertiary/aromatic N) is 2. The van der Waals surface area contributed by atoms with Crippen LogP contribution in [0.1, 0.15) is 11.3 Å². The van der Waals surface area contributed by atoms with E-state index in [1.807, 2.05) is 35.7 Å². The molecular formula is C20H26ClN5O4S. The van der Waals surface area contributed by atoms with Crippen molar-refractivity contribution in [3.05, 3.63) is 47.0 Å². The van der Waals surface area contributed by atoms with Crippen LogP contribution in [0.3, 0.4) is 0 Å². The molecule has 2 aromatic rings. The van der Waals surface area contributed by atoms with Gasteiger partial charge in [-0.1, -0.05) is 30.3 Å². The third kappa shape index (κ3) is 6.91. The third-order valence-corrected chi connectivity index (χ3v) is 5.32. The maximum atomic E-state index is 12.5. The summed E-state index contributed by atoms with van der Waals surface area (Å²) in [5, 5.41) is 7.76. The van der Waals surface area contributed by atoms with E-state index in [4.69, 9.17) is 10.5 Å². The molecule has 0 bridgehead atoms. The molecule has 3 amide bonds. The summed E-state index contributed by atoms with van der Waals surface area (Å²) in [5.41, 5.74) is 7.30. The van der Waals surface area contributed by atoms with Gasteiger partial charge in [-0.15, -0.1) is 23.7 Å². The van der Waals surface area contributed by atoms with Gasteiger partial charge in [0, 0.05) is 38.9 Å². The summed E-state index contributed by atoms with van der Waals surface area (Å²) in [4.78, 5) is 42.8. The SMILES string of the molecule is CN(C)C(=O)[C@H](Cc1ccccc1)NC(=O)[C@H]1O[C@@H]1C(=O)NCCc1csc(N)n1.Cl. The van der Waals surface area contributed by atoms with Crippen molar-refractivity contribution in [3.8, 4) is 0 Å². The van der Waals surface area contributed by atoms with Crippen LogP contribution in [0.5, 0.6) is 0 Å². The van der Waals surface area contributed by atoms with E-state index >= 15 is 0 Å². The Labute approximate surface area is 190 Å². The second-order valence-electron chi connectivity index (χ2n) is 7.18. The molecule has 3 rings (SSSR count). The summed E-state index contributed by atoms with van der Waals surface area (Å²) in [7, 11) is 3.26. The molecule has 0 radical (unpaired) electrons. The number of ether oxygens (including phenoxy) is 1. The molecule has 4 N–H and O–H groups in total. The molecule has 31 heavy (non-hydrogen) atoms. The predicted molar refractivity (Wildman–Crippen MR) is 120 cm³/mol. The number of carbonyl (C=O) groups excluding carboxylic acids is 3. The molecule has 1 fully saturated rings. The van der Waals surface area contributed by atoms with Crippen LogP contribution in [0.15, 0.2) is 35.7 Å². The lowest BCUT2D eigenvalue weighted by molar-refractivity contribution is -0.134. The molecule has 0 saturated carbocycles. The number of thiazole rings is 1. The minimum absolute atomic E-state index is 0. The molecule has 1 saturated heterocycles. The van der Waals surface area contributed by atoms with E-state index in [9.17, 15) is 14.4 Å². The highest BCUT2D eigenvalue weighted by Crippen LogP contribution is 2.23. The topological polar surface area (TPSA) is 130 Å². The Bertz CT molecular complexity index is 908. The Morgan fingerprint density at radius 3 is 2.48 bits per heavy atom. The maximum absolute atomic E-state index is 12.5. The number of amides is 3. The van der Waals surface area contributed by atoms with Gasteiger partial charge in [0.05, 0.1) is 5.69 Å². The van der Waals surface area contributed by atoms with Gasteiger partial charge in [0.15, 0.2) is 17.3 Å². The van der Waals surface area contributed by atoms with Gasteiger partial charge in [-0.25, -0.2) is 4.98 Å². The fraction of sp³-hybridized carbons (Fsp3) is 0.400. The third-order valence-electron chi connectivity index (χ3n) is 4.60. The van der Waals surface area contributed by atoms with Gasteiger partial charge in [-0.3, -0.25) is 14.4 Å². The number of aromatic nitrogens is 1. The lowest BCUT2D eigenvalue weighted by Gasteiger charge is -2.21. The lowest BCUT2D eigenvalue weighted by Crippen LogP contribution is -2.49. The van der Waals surface area contributed by atoms with Crippen molar-refractivity contribution in [2.45, 2.75) is 31.1 Å². The van der Waals surface area contributed by atoms with Crippen molar-refractivity contribution >= 4 is 46.6 Å². The summed E-state index contributed by atoms with van der Waals surface area (Å²) in [6.45, 7) is 0.367. The van der Waals surface area contributed by atoms with E-state index in [0.717, 1.165) is 11.3 Å². The van der Waals surface area contributed by atoms with Gasteiger partial charge >= 0.3 is 0 Å². The molecule has 11 heteroatoms.